The number of ether oxygens (including phenoxy) is 1. The third kappa shape index (κ3) is 33.3. The van der Waals surface area contributed by atoms with Crippen LogP contribution in [-0.4, -0.2) is 203 Å². The van der Waals surface area contributed by atoms with E-state index in [2.05, 4.69) is 54.1 Å². The number of aliphatic imine (C=N–C) groups is 4. The zero-order valence-corrected chi connectivity index (χ0v) is 74.1. The summed E-state index contributed by atoms with van der Waals surface area (Å²) in [5.74, 6) is -0.488. The number of carboxylic acids is 1. The number of amides is 7. The summed E-state index contributed by atoms with van der Waals surface area (Å²) in [6.45, 7) is 5.52. The molecule has 0 aliphatic carbocycles. The summed E-state index contributed by atoms with van der Waals surface area (Å²) in [5, 5.41) is 62.7. The first-order valence-corrected chi connectivity index (χ1v) is 38.7. The summed E-state index contributed by atoms with van der Waals surface area (Å²) >= 11 is 8.99. The SMILES string of the molecule is CC(C)COCOCl.CN(C)CC(=O)NC1=NC(=O)/C(=C/c2ccc(-c3ccccc3[N+](=O)[O-])o2)S1.CN(C)CC(=O)NC1=NC(=O)/C(=C/c2ccc(-c3ccccc3[N+](=O)[O-])o2)S1.CN(C)CC(=O)NC1=NC(=O)/C(=C/c2ccc(-c3ccccc3[N+](=O)[O-])o2)S1.CN(C)CC(=O)[O-].Cl.NC1=NC(=O)/C(=C/c2ccc(-c3ccccc3[N+](=O)[O-])o2)S1.[Na+]. The molecule has 0 radical (unpaired) electrons. The number of hydrogen-bond donors (Lipinski definition) is 4. The molecular weight excluding hydrogens is 1740 g/mol. The number of amidine groups is 4. The number of aliphatic carboxylic acids is 1. The predicted molar refractivity (Wildman–Crippen MR) is 463 cm³/mol. The summed E-state index contributed by atoms with van der Waals surface area (Å²) in [6.07, 6.45) is 5.97. The van der Waals surface area contributed by atoms with Gasteiger partial charge in [0.25, 0.3) is 46.4 Å². The maximum Gasteiger partial charge on any atom is 1.00 e. The van der Waals surface area contributed by atoms with Crippen LogP contribution in [0.1, 0.15) is 36.9 Å². The van der Waals surface area contributed by atoms with E-state index in [1.165, 1.54) is 53.5 Å². The number of carbonyl (C=O) groups is 8. The first kappa shape index (κ1) is 102. The summed E-state index contributed by atoms with van der Waals surface area (Å²) in [7, 11) is 13.9. The van der Waals surface area contributed by atoms with E-state index in [0.29, 0.717) is 85.8 Å². The quantitative estimate of drug-likeness (QED) is 0.0112. The first-order valence-electron chi connectivity index (χ1n) is 35.1. The molecule has 642 valence electrons. The van der Waals surface area contributed by atoms with Gasteiger partial charge in [0.1, 0.15) is 46.1 Å². The van der Waals surface area contributed by atoms with Gasteiger partial charge in [0.05, 0.1) is 106 Å². The minimum absolute atomic E-state index is 0. The van der Waals surface area contributed by atoms with Crippen molar-refractivity contribution < 1.29 is 119 Å². The molecule has 4 aromatic carbocycles. The molecule has 12 rings (SSSR count). The molecule has 0 fully saturated rings. The molecule has 5 N–H and O–H groups in total. The average molecular weight is 1820 g/mol. The van der Waals surface area contributed by atoms with Crippen molar-refractivity contribution in [3.8, 4) is 45.3 Å². The predicted octanol–water partition coefficient (Wildman–Crippen LogP) is 7.80. The Morgan fingerprint density at radius 2 is 0.691 bits per heavy atom. The molecule has 123 heavy (non-hydrogen) atoms. The number of halogens is 2. The maximum atomic E-state index is 12.0. The van der Waals surface area contributed by atoms with E-state index >= 15 is 0 Å². The van der Waals surface area contributed by atoms with Crippen molar-refractivity contribution in [2.45, 2.75) is 13.8 Å². The second-order valence-electron chi connectivity index (χ2n) is 26.2. The van der Waals surface area contributed by atoms with E-state index in [4.69, 9.17) is 40.0 Å². The zero-order valence-electron chi connectivity index (χ0n) is 67.2. The molecule has 4 aliphatic rings. The van der Waals surface area contributed by atoms with Gasteiger partial charge < -0.3 is 73.6 Å². The Balaban J connectivity index is 0.000000275. The van der Waals surface area contributed by atoms with Crippen LogP contribution in [0, 0.1) is 46.4 Å². The number of para-hydroxylation sites is 4. The number of rotatable bonds is 24. The van der Waals surface area contributed by atoms with Crippen LogP contribution in [0.15, 0.2) is 203 Å². The fourth-order valence-corrected chi connectivity index (χ4v) is 13.1. The van der Waals surface area contributed by atoms with Crippen LogP contribution in [-0.2, 0) is 47.4 Å². The van der Waals surface area contributed by atoms with Crippen molar-refractivity contribution >= 4 is 186 Å². The van der Waals surface area contributed by atoms with E-state index < -0.39 is 49.3 Å². The van der Waals surface area contributed by atoms with Crippen LogP contribution in [0.5, 0.6) is 0 Å². The Morgan fingerprint density at radius 1 is 0.439 bits per heavy atom. The number of likely N-dealkylation sites (N-methyl/N-ethyl adjacent to an activating group) is 4. The summed E-state index contributed by atoms with van der Waals surface area (Å²) in [6, 6.07) is 37.8. The molecule has 0 saturated heterocycles. The van der Waals surface area contributed by atoms with Gasteiger partial charge in [-0.1, -0.05) is 62.4 Å². The van der Waals surface area contributed by atoms with E-state index in [1.807, 2.05) is 0 Å². The summed E-state index contributed by atoms with van der Waals surface area (Å²) in [5.41, 5.74) is 6.60. The van der Waals surface area contributed by atoms with Crippen molar-refractivity contribution in [2.75, 3.05) is 96.0 Å². The van der Waals surface area contributed by atoms with Crippen LogP contribution < -0.4 is 56.3 Å². The van der Waals surface area contributed by atoms with Crippen molar-refractivity contribution in [3.63, 3.8) is 0 Å². The Kier molecular flexibility index (Phi) is 41.5. The van der Waals surface area contributed by atoms with Crippen molar-refractivity contribution in [3.05, 3.63) is 229 Å². The monoisotopic (exact) mass is 1810 g/mol. The first-order chi connectivity index (χ1) is 57.4. The smallest absolute Gasteiger partial charge is 0.549 e. The van der Waals surface area contributed by atoms with Gasteiger partial charge in [0.2, 0.25) is 17.7 Å². The molecule has 46 heteroatoms. The zero-order chi connectivity index (χ0) is 88.7. The van der Waals surface area contributed by atoms with Gasteiger partial charge in [-0.05, 0) is 182 Å². The van der Waals surface area contributed by atoms with E-state index in [-0.39, 0.29) is 151 Å². The number of nitrogens with two attached hydrogens (primary N) is 1. The van der Waals surface area contributed by atoms with Crippen molar-refractivity contribution in [1.29, 1.82) is 0 Å². The van der Waals surface area contributed by atoms with Crippen molar-refractivity contribution in [2.24, 2.45) is 31.6 Å². The normalized spacial score (nSPS) is 14.5. The second-order valence-corrected chi connectivity index (χ2v) is 30.6. The number of thioether (sulfide) groups is 4. The summed E-state index contributed by atoms with van der Waals surface area (Å²) in [4.78, 5) is 158. The number of furan rings is 4. The van der Waals surface area contributed by atoms with Gasteiger partial charge in [-0.2, -0.15) is 20.0 Å². The Hall–Kier alpha value is -11.7. The number of carbonyl (C=O) groups excluding carboxylic acids is 8. The molecular formula is C77H77Cl2N16NaO23S4. The average Bonchev–Trinajstić information content (AvgIpc) is 1.71. The molecule has 8 aromatic rings. The largest absolute Gasteiger partial charge is 1.00 e. The van der Waals surface area contributed by atoms with Gasteiger partial charge in [-0.3, -0.25) is 78.3 Å². The molecule has 4 aromatic heterocycles. The Morgan fingerprint density at radius 3 is 0.902 bits per heavy atom. The second kappa shape index (κ2) is 50.1. The fourth-order valence-electron chi connectivity index (χ4n) is 9.91. The van der Waals surface area contributed by atoms with Crippen LogP contribution in [0.3, 0.4) is 0 Å². The van der Waals surface area contributed by atoms with Crippen LogP contribution >= 0.6 is 71.3 Å². The molecule has 7 amide bonds. The molecule has 0 atom stereocenters. The minimum Gasteiger partial charge on any atom is -0.549 e. The topological polar surface area (TPSA) is 528 Å². The molecule has 0 unspecified atom stereocenters. The number of nitro benzene ring substituents is 4. The molecule has 8 heterocycles. The van der Waals surface area contributed by atoms with Crippen LogP contribution in [0.2, 0.25) is 0 Å². The van der Waals surface area contributed by atoms with Gasteiger partial charge >= 0.3 is 29.6 Å². The number of nitrogens with zero attached hydrogens (tertiary/aromatic N) is 12. The molecule has 0 spiro atoms. The van der Waals surface area contributed by atoms with E-state index in [1.54, 1.807) is 192 Å². The van der Waals surface area contributed by atoms with Crippen LogP contribution in [0.4, 0.5) is 22.7 Å². The Bertz CT molecular complexity index is 5090. The molecule has 0 bridgehead atoms. The summed E-state index contributed by atoms with van der Waals surface area (Å²) < 4.78 is 31.5. The molecule has 0 saturated carbocycles. The van der Waals surface area contributed by atoms with Gasteiger partial charge in [0, 0.05) is 55.1 Å². The van der Waals surface area contributed by atoms with E-state index in [9.17, 15) is 83.9 Å². The molecule has 4 aliphatic heterocycles. The number of benzene rings is 4. The number of nitrogens with one attached hydrogen (secondary N) is 3. The maximum absolute atomic E-state index is 12.0. The fraction of sp³-hybridized carbons (Fsp3) is 0.221. The number of nitro groups is 4. The van der Waals surface area contributed by atoms with Gasteiger partial charge in [-0.15, -0.1) is 12.4 Å². The van der Waals surface area contributed by atoms with Crippen molar-refractivity contribution in [1.82, 2.24) is 35.6 Å². The van der Waals surface area contributed by atoms with Gasteiger partial charge in [0.15, 0.2) is 27.5 Å². The third-order valence-electron chi connectivity index (χ3n) is 14.7. The standard InChI is InChI=1S/3C18H16N4O5S.C14H9N3O4S.C5H11ClO2.C4H9NO2.ClH.Na/c3*1-21(2)10-16(23)19-18-20-17(24)15(28-18)9-11-7-8-14(27-11)12-5-3-4-6-13(12)22(25)26;15-14-16-13(18)12(22-14)7-8-5-6-11(21-8)9-3-1-2-4-10(9)17(19)20;1-5(2)3-7-4-8-6;1-5(2)3-4(6)7;;/h3*3-9H,10H2,1-2H3,(H,19,20,23,24);1-7H,(H2,15,16,18);5H,3-4H2,1-2H3;3H2,1-2H3,(H,6,7);1H;/q;;;;;;;+1/p-1/b3*15-9-;12-7-;;;;. The number of hydrogen-bond acceptors (Lipinski definition) is 32. The Labute approximate surface area is 751 Å². The number of carboxylic acid groups (broad SMARTS) is 1. The molecule has 39 nitrogen and oxygen atoms in total. The van der Waals surface area contributed by atoms with Gasteiger partial charge in [-0.25, -0.2) is 0 Å². The minimum atomic E-state index is -1.04. The third-order valence-corrected chi connectivity index (χ3v) is 18.3. The van der Waals surface area contributed by atoms with E-state index in [0.717, 1.165) is 47.0 Å². The van der Waals surface area contributed by atoms with Crippen LogP contribution in [0.25, 0.3) is 69.6 Å².